The number of hydrogen-bond donors (Lipinski definition) is 1. The average molecular weight is 277 g/mol. The van der Waals surface area contributed by atoms with E-state index in [1.807, 2.05) is 36.4 Å². The van der Waals surface area contributed by atoms with Crippen LogP contribution in [0.25, 0.3) is 0 Å². The molecule has 2 aromatic rings. The molecule has 0 radical (unpaired) electrons. The first-order chi connectivity index (χ1) is 9.34. The van der Waals surface area contributed by atoms with Crippen LogP contribution >= 0.6 is 11.6 Å². The van der Waals surface area contributed by atoms with Gasteiger partial charge >= 0.3 is 0 Å². The van der Waals surface area contributed by atoms with Crippen molar-refractivity contribution < 1.29 is 4.74 Å². The summed E-state index contributed by atoms with van der Waals surface area (Å²) in [5, 5.41) is 4.13. The summed E-state index contributed by atoms with van der Waals surface area (Å²) in [6.45, 7) is 2.39. The average Bonchev–Trinajstić information content (AvgIpc) is 2.44. The third-order valence-electron chi connectivity index (χ3n) is 2.60. The van der Waals surface area contributed by atoms with Crippen molar-refractivity contribution in [1.82, 2.24) is 10.3 Å². The molecule has 2 rings (SSSR count). The summed E-state index contributed by atoms with van der Waals surface area (Å²) in [5.74, 6) is 0.678. The minimum Gasteiger partial charge on any atom is -0.478 e. The zero-order chi connectivity index (χ0) is 13.3. The van der Waals surface area contributed by atoms with Crippen LogP contribution in [-0.2, 0) is 6.54 Å². The van der Waals surface area contributed by atoms with E-state index in [-0.39, 0.29) is 0 Å². The second-order valence-electron chi connectivity index (χ2n) is 4.18. The molecule has 0 aliphatic carbocycles. The molecule has 0 aliphatic rings. The Morgan fingerprint density at radius 1 is 1.16 bits per heavy atom. The molecule has 0 aliphatic heterocycles. The number of nitrogens with one attached hydrogen (secondary N) is 1. The van der Waals surface area contributed by atoms with Crippen LogP contribution in [-0.4, -0.2) is 18.1 Å². The predicted octanol–water partition coefficient (Wildman–Crippen LogP) is 3.29. The van der Waals surface area contributed by atoms with E-state index in [4.69, 9.17) is 16.3 Å². The first kappa shape index (κ1) is 13.8. The molecule has 0 saturated carbocycles. The quantitative estimate of drug-likeness (QED) is 0.788. The maximum Gasteiger partial charge on any atom is 0.213 e. The van der Waals surface area contributed by atoms with Crippen molar-refractivity contribution in [3.63, 3.8) is 0 Å². The topological polar surface area (TPSA) is 34.1 Å². The van der Waals surface area contributed by atoms with E-state index in [0.29, 0.717) is 12.5 Å². The van der Waals surface area contributed by atoms with Gasteiger partial charge in [-0.2, -0.15) is 0 Å². The molecule has 0 unspecified atom stereocenters. The second kappa shape index (κ2) is 7.77. The standard InChI is InChI=1S/C15H17ClN2O/c16-14-6-3-5-13(11-14)12-17-8-4-10-19-15-7-1-2-9-18-15/h1-3,5-7,9,11,17H,4,8,10,12H2. The summed E-state index contributed by atoms with van der Waals surface area (Å²) in [6.07, 6.45) is 2.67. The Labute approximate surface area is 118 Å². The third-order valence-corrected chi connectivity index (χ3v) is 2.84. The molecular weight excluding hydrogens is 260 g/mol. The molecule has 100 valence electrons. The summed E-state index contributed by atoms with van der Waals surface area (Å²) < 4.78 is 5.51. The van der Waals surface area contributed by atoms with Crippen molar-refractivity contribution in [1.29, 1.82) is 0 Å². The molecule has 0 bridgehead atoms. The molecule has 0 atom stereocenters. The summed E-state index contributed by atoms with van der Waals surface area (Å²) in [5.41, 5.74) is 1.19. The van der Waals surface area contributed by atoms with Gasteiger partial charge in [-0.15, -0.1) is 0 Å². The van der Waals surface area contributed by atoms with E-state index in [0.717, 1.165) is 24.5 Å². The Kier molecular flexibility index (Phi) is 5.66. The predicted molar refractivity (Wildman–Crippen MR) is 77.5 cm³/mol. The Hall–Kier alpha value is -1.58. The van der Waals surface area contributed by atoms with Gasteiger partial charge in [0.15, 0.2) is 0 Å². The highest BCUT2D eigenvalue weighted by Gasteiger charge is 1.95. The molecule has 4 heteroatoms. The van der Waals surface area contributed by atoms with Gasteiger partial charge in [-0.3, -0.25) is 0 Å². The largest absolute Gasteiger partial charge is 0.478 e. The van der Waals surface area contributed by atoms with Crippen molar-refractivity contribution in [2.24, 2.45) is 0 Å². The van der Waals surface area contributed by atoms with Gasteiger partial charge < -0.3 is 10.1 Å². The van der Waals surface area contributed by atoms with Crippen LogP contribution in [0, 0.1) is 0 Å². The molecule has 3 nitrogen and oxygen atoms in total. The van der Waals surface area contributed by atoms with Crippen molar-refractivity contribution >= 4 is 11.6 Å². The lowest BCUT2D eigenvalue weighted by Gasteiger charge is -2.06. The Morgan fingerprint density at radius 3 is 2.89 bits per heavy atom. The number of hydrogen-bond acceptors (Lipinski definition) is 3. The molecular formula is C15H17ClN2O. The van der Waals surface area contributed by atoms with E-state index < -0.39 is 0 Å². The Balaban J connectivity index is 1.58. The van der Waals surface area contributed by atoms with Crippen LogP contribution in [0.1, 0.15) is 12.0 Å². The highest BCUT2D eigenvalue weighted by Crippen LogP contribution is 2.10. The summed E-state index contributed by atoms with van der Waals surface area (Å²) in [6, 6.07) is 13.5. The van der Waals surface area contributed by atoms with E-state index in [1.54, 1.807) is 6.20 Å². The molecule has 0 spiro atoms. The van der Waals surface area contributed by atoms with Gasteiger partial charge in [0.05, 0.1) is 6.61 Å². The highest BCUT2D eigenvalue weighted by molar-refractivity contribution is 6.30. The number of aromatic nitrogens is 1. The second-order valence-corrected chi connectivity index (χ2v) is 4.61. The number of rotatable bonds is 7. The molecule has 0 saturated heterocycles. The maximum absolute atomic E-state index is 5.92. The smallest absolute Gasteiger partial charge is 0.213 e. The lowest BCUT2D eigenvalue weighted by Crippen LogP contribution is -2.17. The van der Waals surface area contributed by atoms with Crippen molar-refractivity contribution in [3.8, 4) is 5.88 Å². The Bertz CT molecular complexity index is 491. The highest BCUT2D eigenvalue weighted by atomic mass is 35.5. The summed E-state index contributed by atoms with van der Waals surface area (Å²) in [4.78, 5) is 4.10. The van der Waals surface area contributed by atoms with Crippen LogP contribution in [0.2, 0.25) is 5.02 Å². The van der Waals surface area contributed by atoms with Gasteiger partial charge in [0.2, 0.25) is 5.88 Å². The lowest BCUT2D eigenvalue weighted by atomic mass is 10.2. The number of ether oxygens (including phenoxy) is 1. The van der Waals surface area contributed by atoms with Crippen LogP contribution in [0.15, 0.2) is 48.7 Å². The van der Waals surface area contributed by atoms with E-state index in [1.165, 1.54) is 5.56 Å². The fraction of sp³-hybridized carbons (Fsp3) is 0.267. The van der Waals surface area contributed by atoms with Gasteiger partial charge in [0.1, 0.15) is 0 Å². The number of halogens is 1. The molecule has 1 aromatic carbocycles. The number of nitrogens with zero attached hydrogens (tertiary/aromatic N) is 1. The van der Waals surface area contributed by atoms with Crippen molar-refractivity contribution in [3.05, 3.63) is 59.2 Å². The van der Waals surface area contributed by atoms with E-state index in [2.05, 4.69) is 16.4 Å². The maximum atomic E-state index is 5.92. The minimum atomic E-state index is 0.666. The molecule has 19 heavy (non-hydrogen) atoms. The van der Waals surface area contributed by atoms with Crippen LogP contribution in [0.5, 0.6) is 5.88 Å². The van der Waals surface area contributed by atoms with Crippen LogP contribution < -0.4 is 10.1 Å². The first-order valence-corrected chi connectivity index (χ1v) is 6.71. The molecule has 0 fully saturated rings. The van der Waals surface area contributed by atoms with Gasteiger partial charge in [0.25, 0.3) is 0 Å². The summed E-state index contributed by atoms with van der Waals surface area (Å²) in [7, 11) is 0. The van der Waals surface area contributed by atoms with Crippen molar-refractivity contribution in [2.75, 3.05) is 13.2 Å². The van der Waals surface area contributed by atoms with Gasteiger partial charge in [-0.25, -0.2) is 4.98 Å². The van der Waals surface area contributed by atoms with Gasteiger partial charge in [0, 0.05) is 23.8 Å². The molecule has 1 heterocycles. The van der Waals surface area contributed by atoms with Gasteiger partial charge in [-0.1, -0.05) is 29.8 Å². The molecule has 1 N–H and O–H groups in total. The van der Waals surface area contributed by atoms with Gasteiger partial charge in [-0.05, 0) is 36.7 Å². The monoisotopic (exact) mass is 276 g/mol. The zero-order valence-corrected chi connectivity index (χ0v) is 11.4. The Morgan fingerprint density at radius 2 is 2.11 bits per heavy atom. The fourth-order valence-electron chi connectivity index (χ4n) is 1.69. The van der Waals surface area contributed by atoms with E-state index in [9.17, 15) is 0 Å². The zero-order valence-electron chi connectivity index (χ0n) is 10.7. The minimum absolute atomic E-state index is 0.666. The first-order valence-electron chi connectivity index (χ1n) is 6.33. The number of pyridine rings is 1. The lowest BCUT2D eigenvalue weighted by molar-refractivity contribution is 0.296. The SMILES string of the molecule is Clc1cccc(CNCCCOc2ccccn2)c1. The van der Waals surface area contributed by atoms with E-state index >= 15 is 0 Å². The fourth-order valence-corrected chi connectivity index (χ4v) is 1.90. The molecule has 0 amide bonds. The van der Waals surface area contributed by atoms with Crippen LogP contribution in [0.4, 0.5) is 0 Å². The normalized spacial score (nSPS) is 10.4. The third kappa shape index (κ3) is 5.28. The molecule has 1 aromatic heterocycles. The number of benzene rings is 1. The summed E-state index contributed by atoms with van der Waals surface area (Å²) >= 11 is 5.92. The van der Waals surface area contributed by atoms with Crippen molar-refractivity contribution in [2.45, 2.75) is 13.0 Å². The van der Waals surface area contributed by atoms with Crippen LogP contribution in [0.3, 0.4) is 0 Å².